The molecule has 7 nitrogen and oxygen atoms in total. The van der Waals surface area contributed by atoms with Crippen LogP contribution in [0.15, 0.2) is 108 Å². The molecular weight excluding hydrogens is 630 g/mol. The Morgan fingerprint density at radius 2 is 1.53 bits per heavy atom. The summed E-state index contributed by atoms with van der Waals surface area (Å²) < 4.78 is 29.9. The van der Waals surface area contributed by atoms with E-state index in [1.165, 1.54) is 9.21 Å². The van der Waals surface area contributed by atoms with Gasteiger partial charge in [0, 0.05) is 24.0 Å². The summed E-state index contributed by atoms with van der Waals surface area (Å²) in [6, 6.07) is 29.8. The maximum Gasteiger partial charge on any atom is 0.264 e. The molecular formula is C38H42ClN3O4S. The highest BCUT2D eigenvalue weighted by molar-refractivity contribution is 7.92. The molecule has 1 atom stereocenters. The smallest absolute Gasteiger partial charge is 0.264 e. The molecule has 0 aromatic heterocycles. The summed E-state index contributed by atoms with van der Waals surface area (Å²) in [7, 11) is -4.17. The number of anilines is 1. The first-order chi connectivity index (χ1) is 22.7. The monoisotopic (exact) mass is 671 g/mol. The van der Waals surface area contributed by atoms with Crippen LogP contribution in [-0.4, -0.2) is 43.8 Å². The number of aryl methyl sites for hydroxylation is 2. The van der Waals surface area contributed by atoms with Crippen LogP contribution in [-0.2, 0) is 39.0 Å². The number of nitrogens with zero attached hydrogens (tertiary/aromatic N) is 2. The third-order valence-electron chi connectivity index (χ3n) is 8.74. The molecule has 1 aliphatic rings. The van der Waals surface area contributed by atoms with Gasteiger partial charge in [-0.1, -0.05) is 110 Å². The van der Waals surface area contributed by atoms with Crippen molar-refractivity contribution in [1.82, 2.24) is 10.2 Å². The Bertz CT molecular complexity index is 1770. The van der Waals surface area contributed by atoms with Gasteiger partial charge < -0.3 is 10.2 Å². The van der Waals surface area contributed by atoms with Crippen LogP contribution >= 0.6 is 11.6 Å². The topological polar surface area (TPSA) is 86.8 Å². The fraction of sp³-hybridized carbons (Fsp3) is 0.316. The molecule has 4 aromatic rings. The molecule has 0 bridgehead atoms. The number of benzene rings is 4. The molecule has 2 amide bonds. The van der Waals surface area contributed by atoms with Gasteiger partial charge in [-0.2, -0.15) is 0 Å². The zero-order valence-corrected chi connectivity index (χ0v) is 28.5. The molecule has 9 heteroatoms. The number of hydrogen-bond donors (Lipinski definition) is 1. The van der Waals surface area contributed by atoms with E-state index >= 15 is 0 Å². The van der Waals surface area contributed by atoms with Crippen LogP contribution in [0.4, 0.5) is 5.69 Å². The quantitative estimate of drug-likeness (QED) is 0.164. The number of amides is 2. The third kappa shape index (κ3) is 8.62. The number of hydrogen-bond acceptors (Lipinski definition) is 4. The molecule has 0 saturated heterocycles. The van der Waals surface area contributed by atoms with Gasteiger partial charge in [-0.25, -0.2) is 8.42 Å². The van der Waals surface area contributed by atoms with E-state index in [9.17, 15) is 18.0 Å². The summed E-state index contributed by atoms with van der Waals surface area (Å²) in [5.74, 6) is -0.743. The Kier molecular flexibility index (Phi) is 11.4. The first-order valence-electron chi connectivity index (χ1n) is 16.2. The van der Waals surface area contributed by atoms with Crippen molar-refractivity contribution in [3.8, 4) is 0 Å². The number of nitrogens with one attached hydrogen (secondary N) is 1. The lowest BCUT2D eigenvalue weighted by Crippen LogP contribution is -2.54. The van der Waals surface area contributed by atoms with Crippen molar-refractivity contribution in [2.45, 2.75) is 75.9 Å². The predicted molar refractivity (Wildman–Crippen MR) is 188 cm³/mol. The van der Waals surface area contributed by atoms with E-state index in [0.717, 1.165) is 47.9 Å². The molecule has 0 spiro atoms. The van der Waals surface area contributed by atoms with Crippen molar-refractivity contribution in [1.29, 1.82) is 0 Å². The van der Waals surface area contributed by atoms with Gasteiger partial charge in [0.1, 0.15) is 12.6 Å². The Hall–Kier alpha value is -4.14. The molecule has 0 radical (unpaired) electrons. The normalized spacial score (nSPS) is 14.0. The highest BCUT2D eigenvalue weighted by Gasteiger charge is 2.36. The maximum absolute atomic E-state index is 14.7. The van der Waals surface area contributed by atoms with Crippen molar-refractivity contribution in [3.05, 3.63) is 130 Å². The lowest BCUT2D eigenvalue weighted by molar-refractivity contribution is -0.140. The molecule has 47 heavy (non-hydrogen) atoms. The van der Waals surface area contributed by atoms with Crippen LogP contribution in [0.5, 0.6) is 0 Å². The highest BCUT2D eigenvalue weighted by Crippen LogP contribution is 2.29. The van der Waals surface area contributed by atoms with E-state index in [4.69, 9.17) is 11.6 Å². The van der Waals surface area contributed by atoms with Gasteiger partial charge in [0.05, 0.1) is 10.6 Å². The number of rotatable bonds is 13. The fourth-order valence-electron chi connectivity index (χ4n) is 6.16. The Labute approximate surface area is 283 Å². The highest BCUT2D eigenvalue weighted by atomic mass is 35.5. The van der Waals surface area contributed by atoms with Crippen molar-refractivity contribution < 1.29 is 18.0 Å². The first-order valence-corrected chi connectivity index (χ1v) is 18.0. The molecule has 1 fully saturated rings. The van der Waals surface area contributed by atoms with Crippen LogP contribution in [0.2, 0.25) is 5.02 Å². The van der Waals surface area contributed by atoms with Crippen molar-refractivity contribution in [2.24, 2.45) is 0 Å². The average molecular weight is 672 g/mol. The van der Waals surface area contributed by atoms with Gasteiger partial charge in [0.2, 0.25) is 11.8 Å². The molecule has 0 heterocycles. The fourth-order valence-corrected chi connectivity index (χ4v) is 7.82. The van der Waals surface area contributed by atoms with Crippen LogP contribution in [0, 0.1) is 6.92 Å². The van der Waals surface area contributed by atoms with Gasteiger partial charge in [-0.05, 0) is 73.2 Å². The van der Waals surface area contributed by atoms with Gasteiger partial charge >= 0.3 is 0 Å². The molecule has 1 N–H and O–H groups in total. The second kappa shape index (κ2) is 15.6. The Morgan fingerprint density at radius 1 is 0.872 bits per heavy atom. The van der Waals surface area contributed by atoms with Crippen LogP contribution in [0.25, 0.3) is 0 Å². The SMILES string of the molecule is CCc1ccccc1N(CC(=O)N(Cc1cccc(Cl)c1)C(Cc1ccccc1)C(=O)NC1CCCC1)S(=O)(=O)c1ccc(C)cc1. The summed E-state index contributed by atoms with van der Waals surface area (Å²) in [6.07, 6.45) is 4.70. The number of sulfonamides is 1. The lowest BCUT2D eigenvalue weighted by Gasteiger charge is -2.34. The van der Waals surface area contributed by atoms with Crippen LogP contribution in [0.3, 0.4) is 0 Å². The van der Waals surface area contributed by atoms with E-state index < -0.39 is 28.5 Å². The molecule has 246 valence electrons. The third-order valence-corrected chi connectivity index (χ3v) is 10.8. The maximum atomic E-state index is 14.7. The molecule has 1 aliphatic carbocycles. The molecule has 1 unspecified atom stereocenters. The summed E-state index contributed by atoms with van der Waals surface area (Å²) >= 11 is 6.36. The van der Waals surface area contributed by atoms with Crippen molar-refractivity contribution in [2.75, 3.05) is 10.8 Å². The largest absolute Gasteiger partial charge is 0.352 e. The van der Waals surface area contributed by atoms with E-state index in [2.05, 4.69) is 5.32 Å². The second-order valence-corrected chi connectivity index (χ2v) is 14.5. The minimum Gasteiger partial charge on any atom is -0.352 e. The summed E-state index contributed by atoms with van der Waals surface area (Å²) in [6.45, 7) is 3.42. The van der Waals surface area contributed by atoms with Crippen molar-refractivity contribution in [3.63, 3.8) is 0 Å². The number of para-hydroxylation sites is 1. The number of carbonyl (C=O) groups excluding carboxylic acids is 2. The number of halogens is 1. The van der Waals surface area contributed by atoms with Gasteiger partial charge in [0.25, 0.3) is 10.0 Å². The van der Waals surface area contributed by atoms with E-state index in [1.54, 1.807) is 54.6 Å². The van der Waals surface area contributed by atoms with Gasteiger partial charge in [-0.3, -0.25) is 13.9 Å². The summed E-state index contributed by atoms with van der Waals surface area (Å²) in [4.78, 5) is 30.5. The standard InChI is InChI=1S/C38H42ClN3O4S/c1-3-31-15-7-10-19-35(31)42(47(45,46)34-22-20-28(2)21-23-34)27-37(43)41(26-30-14-11-16-32(39)24-30)36(25-29-12-5-4-6-13-29)38(44)40-33-17-8-9-18-33/h4-7,10-16,19-24,33,36H,3,8-9,17-18,25-27H2,1-2H3,(H,40,44). The molecule has 1 saturated carbocycles. The Morgan fingerprint density at radius 3 is 2.21 bits per heavy atom. The second-order valence-electron chi connectivity index (χ2n) is 12.2. The Balaban J connectivity index is 1.59. The zero-order valence-electron chi connectivity index (χ0n) is 26.9. The van der Waals surface area contributed by atoms with Gasteiger partial charge in [0.15, 0.2) is 0 Å². The summed E-state index contributed by atoms with van der Waals surface area (Å²) in [5, 5.41) is 3.71. The van der Waals surface area contributed by atoms with Crippen LogP contribution in [0.1, 0.15) is 54.9 Å². The van der Waals surface area contributed by atoms with Crippen LogP contribution < -0.4 is 9.62 Å². The number of carbonyl (C=O) groups is 2. The molecule has 0 aliphatic heterocycles. The van der Waals surface area contributed by atoms with Crippen molar-refractivity contribution >= 4 is 39.1 Å². The lowest BCUT2D eigenvalue weighted by atomic mass is 10.0. The first kappa shape index (κ1) is 34.2. The van der Waals surface area contributed by atoms with Gasteiger partial charge in [-0.15, -0.1) is 0 Å². The summed E-state index contributed by atoms with van der Waals surface area (Å²) in [5.41, 5.74) is 3.77. The molecule has 5 rings (SSSR count). The van der Waals surface area contributed by atoms with E-state index in [-0.39, 0.29) is 29.8 Å². The van der Waals surface area contributed by atoms with E-state index in [1.807, 2.05) is 62.4 Å². The molecule has 4 aromatic carbocycles. The minimum absolute atomic E-state index is 0.0405. The minimum atomic E-state index is -4.17. The zero-order chi connectivity index (χ0) is 33.4. The van der Waals surface area contributed by atoms with E-state index in [0.29, 0.717) is 17.1 Å². The predicted octanol–water partition coefficient (Wildman–Crippen LogP) is 7.11. The average Bonchev–Trinajstić information content (AvgIpc) is 3.59.